The molecule has 6 nitrogen and oxygen atoms in total. The van der Waals surface area contributed by atoms with Gasteiger partial charge < -0.3 is 9.64 Å². The lowest BCUT2D eigenvalue weighted by molar-refractivity contribution is 0.0341. The van der Waals surface area contributed by atoms with Gasteiger partial charge in [-0.15, -0.1) is 0 Å². The fraction of sp³-hybridized carbons (Fsp3) is 0.526. The molecule has 2 aliphatic rings. The van der Waals surface area contributed by atoms with Crippen molar-refractivity contribution in [2.24, 2.45) is 0 Å². The van der Waals surface area contributed by atoms with Crippen molar-refractivity contribution in [3.05, 3.63) is 35.8 Å². The Kier molecular flexibility index (Phi) is 4.90. The molecule has 0 unspecified atom stereocenters. The molecule has 0 radical (unpaired) electrons. The van der Waals surface area contributed by atoms with Crippen molar-refractivity contribution in [2.45, 2.75) is 26.3 Å². The molecule has 0 amide bonds. The lowest BCUT2D eigenvalue weighted by Crippen LogP contribution is -2.35. The second kappa shape index (κ2) is 7.45. The predicted octanol–water partition coefficient (Wildman–Crippen LogP) is 2.28. The molecule has 2 aromatic heterocycles. The zero-order valence-corrected chi connectivity index (χ0v) is 14.8. The summed E-state index contributed by atoms with van der Waals surface area (Å²) in [6.45, 7) is 8.74. The van der Waals surface area contributed by atoms with Crippen LogP contribution in [0.1, 0.15) is 24.1 Å². The van der Waals surface area contributed by atoms with Gasteiger partial charge in [0.15, 0.2) is 0 Å². The summed E-state index contributed by atoms with van der Waals surface area (Å²) in [5.74, 6) is 0.989. The predicted molar refractivity (Wildman–Crippen MR) is 97.5 cm³/mol. The van der Waals surface area contributed by atoms with Crippen LogP contribution in [0.15, 0.2) is 24.5 Å². The average Bonchev–Trinajstić information content (AvgIpc) is 3.18. The molecule has 6 heteroatoms. The van der Waals surface area contributed by atoms with Crippen LogP contribution in [0.5, 0.6) is 0 Å². The van der Waals surface area contributed by atoms with Crippen molar-refractivity contribution in [3.63, 3.8) is 0 Å². The number of hydrogen-bond acceptors (Lipinski definition) is 6. The molecule has 0 aromatic carbocycles. The molecule has 25 heavy (non-hydrogen) atoms. The Morgan fingerprint density at radius 3 is 2.48 bits per heavy atom. The van der Waals surface area contributed by atoms with E-state index in [2.05, 4.69) is 31.9 Å². The van der Waals surface area contributed by atoms with Crippen molar-refractivity contribution in [1.82, 2.24) is 19.9 Å². The fourth-order valence-corrected chi connectivity index (χ4v) is 3.49. The van der Waals surface area contributed by atoms with Crippen LogP contribution < -0.4 is 4.90 Å². The monoisotopic (exact) mass is 339 g/mol. The van der Waals surface area contributed by atoms with Gasteiger partial charge in [-0.3, -0.25) is 9.88 Å². The van der Waals surface area contributed by atoms with Gasteiger partial charge >= 0.3 is 0 Å². The van der Waals surface area contributed by atoms with Gasteiger partial charge in [0.05, 0.1) is 30.8 Å². The van der Waals surface area contributed by atoms with E-state index in [1.807, 2.05) is 19.3 Å². The molecule has 2 aliphatic heterocycles. The second-order valence-corrected chi connectivity index (χ2v) is 6.80. The summed E-state index contributed by atoms with van der Waals surface area (Å²) in [7, 11) is 0. The van der Waals surface area contributed by atoms with Crippen molar-refractivity contribution < 1.29 is 4.74 Å². The number of morpholine rings is 1. The smallest absolute Gasteiger partial charge is 0.147 e. The number of hydrogen-bond donors (Lipinski definition) is 0. The molecule has 2 aromatic rings. The zero-order valence-electron chi connectivity index (χ0n) is 14.8. The third-order valence-corrected chi connectivity index (χ3v) is 4.94. The first-order valence-electron chi connectivity index (χ1n) is 9.13. The summed E-state index contributed by atoms with van der Waals surface area (Å²) < 4.78 is 5.40. The highest BCUT2D eigenvalue weighted by Gasteiger charge is 2.16. The first kappa shape index (κ1) is 16.4. The zero-order chi connectivity index (χ0) is 17.1. The molecule has 0 spiro atoms. The van der Waals surface area contributed by atoms with Crippen LogP contribution in [-0.2, 0) is 11.3 Å². The maximum Gasteiger partial charge on any atom is 0.147 e. The highest BCUT2D eigenvalue weighted by atomic mass is 16.5. The van der Waals surface area contributed by atoms with Crippen LogP contribution in [0.3, 0.4) is 0 Å². The van der Waals surface area contributed by atoms with E-state index in [1.165, 1.54) is 18.4 Å². The molecule has 0 N–H and O–H groups in total. The molecule has 0 aliphatic carbocycles. The van der Waals surface area contributed by atoms with Crippen molar-refractivity contribution in [2.75, 3.05) is 44.3 Å². The Labute approximate surface area is 148 Å². The highest BCUT2D eigenvalue weighted by molar-refractivity contribution is 5.58. The van der Waals surface area contributed by atoms with E-state index < -0.39 is 0 Å². The minimum Gasteiger partial charge on any atom is -0.379 e. The number of rotatable bonds is 4. The summed E-state index contributed by atoms with van der Waals surface area (Å²) in [4.78, 5) is 18.7. The minimum atomic E-state index is 0.823. The van der Waals surface area contributed by atoms with Crippen LogP contribution in [-0.4, -0.2) is 59.2 Å². The van der Waals surface area contributed by atoms with E-state index in [0.717, 1.165) is 68.8 Å². The van der Waals surface area contributed by atoms with Gasteiger partial charge in [0.1, 0.15) is 11.5 Å². The number of anilines is 1. The maximum absolute atomic E-state index is 5.40. The fourth-order valence-electron chi connectivity index (χ4n) is 3.49. The summed E-state index contributed by atoms with van der Waals surface area (Å²) in [6.07, 6.45) is 6.33. The maximum atomic E-state index is 5.40. The van der Waals surface area contributed by atoms with Crippen molar-refractivity contribution in [3.8, 4) is 11.4 Å². The Hall–Kier alpha value is -2.05. The van der Waals surface area contributed by atoms with Crippen LogP contribution in [0, 0.1) is 6.92 Å². The Morgan fingerprint density at radius 2 is 1.80 bits per heavy atom. The standard InChI is InChI=1S/C19H25N5O/c1-15-19(21-13-18(22-15)24-6-2-3-7-24)17-5-4-16(12-20-17)14-23-8-10-25-11-9-23/h4-5,12-13H,2-3,6-11,14H2,1H3. The van der Waals surface area contributed by atoms with Crippen molar-refractivity contribution in [1.29, 1.82) is 0 Å². The number of aromatic nitrogens is 3. The van der Waals surface area contributed by atoms with E-state index in [1.54, 1.807) is 0 Å². The molecule has 4 heterocycles. The van der Waals surface area contributed by atoms with Crippen LogP contribution >= 0.6 is 0 Å². The van der Waals surface area contributed by atoms with Crippen LogP contribution in [0.4, 0.5) is 5.82 Å². The topological polar surface area (TPSA) is 54.4 Å². The quantitative estimate of drug-likeness (QED) is 0.852. The molecule has 0 bridgehead atoms. The van der Waals surface area contributed by atoms with E-state index >= 15 is 0 Å². The molecule has 0 atom stereocenters. The largest absolute Gasteiger partial charge is 0.379 e. The van der Waals surface area contributed by atoms with Crippen LogP contribution in [0.25, 0.3) is 11.4 Å². The van der Waals surface area contributed by atoms with Crippen molar-refractivity contribution >= 4 is 5.82 Å². The van der Waals surface area contributed by atoms with Gasteiger partial charge in [-0.1, -0.05) is 6.07 Å². The lowest BCUT2D eigenvalue weighted by atomic mass is 10.2. The Bertz CT molecular complexity index is 706. The van der Waals surface area contributed by atoms with Crippen LogP contribution in [0.2, 0.25) is 0 Å². The van der Waals surface area contributed by atoms with E-state index in [9.17, 15) is 0 Å². The Balaban J connectivity index is 1.47. The number of pyridine rings is 1. The molecule has 4 rings (SSSR count). The van der Waals surface area contributed by atoms with Gasteiger partial charge in [-0.05, 0) is 31.4 Å². The first-order chi connectivity index (χ1) is 12.3. The highest BCUT2D eigenvalue weighted by Crippen LogP contribution is 2.23. The third kappa shape index (κ3) is 3.80. The number of ether oxygens (including phenoxy) is 1. The SMILES string of the molecule is Cc1nc(N2CCCC2)cnc1-c1ccc(CN2CCOCC2)cn1. The Morgan fingerprint density at radius 1 is 1.00 bits per heavy atom. The van der Waals surface area contributed by atoms with Gasteiger partial charge in [-0.2, -0.15) is 0 Å². The molecule has 2 fully saturated rings. The van der Waals surface area contributed by atoms with Gasteiger partial charge in [0, 0.05) is 38.9 Å². The van der Waals surface area contributed by atoms with E-state index in [0.29, 0.717) is 0 Å². The number of aryl methyl sites for hydroxylation is 1. The summed E-state index contributed by atoms with van der Waals surface area (Å²) in [5, 5.41) is 0. The lowest BCUT2D eigenvalue weighted by Gasteiger charge is -2.26. The summed E-state index contributed by atoms with van der Waals surface area (Å²) >= 11 is 0. The summed E-state index contributed by atoms with van der Waals surface area (Å²) in [5.41, 5.74) is 3.94. The normalized spacial score (nSPS) is 18.7. The molecular weight excluding hydrogens is 314 g/mol. The average molecular weight is 339 g/mol. The number of nitrogens with zero attached hydrogens (tertiary/aromatic N) is 5. The molecule has 0 saturated carbocycles. The third-order valence-electron chi connectivity index (χ3n) is 4.94. The van der Waals surface area contributed by atoms with E-state index in [4.69, 9.17) is 9.72 Å². The molecular formula is C19H25N5O. The second-order valence-electron chi connectivity index (χ2n) is 6.80. The van der Waals surface area contributed by atoms with E-state index in [-0.39, 0.29) is 0 Å². The van der Waals surface area contributed by atoms with Gasteiger partial charge in [0.2, 0.25) is 0 Å². The van der Waals surface area contributed by atoms with Gasteiger partial charge in [0.25, 0.3) is 0 Å². The summed E-state index contributed by atoms with van der Waals surface area (Å²) in [6, 6.07) is 4.20. The first-order valence-corrected chi connectivity index (χ1v) is 9.13. The minimum absolute atomic E-state index is 0.823. The van der Waals surface area contributed by atoms with Gasteiger partial charge in [-0.25, -0.2) is 9.97 Å². The molecule has 2 saturated heterocycles. The molecule has 132 valence electrons.